The largest absolute Gasteiger partial charge is 0.406 e. The van der Waals surface area contributed by atoms with Crippen LogP contribution < -0.4 is 0 Å². The lowest BCUT2D eigenvalue weighted by Gasteiger charge is -2.35. The Kier molecular flexibility index (Phi) is 5.68. The molecule has 136 valence electrons. The van der Waals surface area contributed by atoms with Crippen LogP contribution in [0, 0.1) is 0 Å². The highest BCUT2D eigenvalue weighted by Gasteiger charge is 2.37. The first-order valence-corrected chi connectivity index (χ1v) is 7.76. The Morgan fingerprint density at radius 3 is 2.46 bits per heavy atom. The van der Waals surface area contributed by atoms with Crippen molar-refractivity contribution in [1.29, 1.82) is 0 Å². The van der Waals surface area contributed by atoms with Crippen LogP contribution in [0.1, 0.15) is 19.3 Å². The van der Waals surface area contributed by atoms with E-state index in [1.165, 1.54) is 4.90 Å². The Hall–Kier alpha value is -1.84. The van der Waals surface area contributed by atoms with Gasteiger partial charge in [0.2, 0.25) is 11.8 Å². The van der Waals surface area contributed by atoms with E-state index in [1.54, 1.807) is 0 Å². The summed E-state index contributed by atoms with van der Waals surface area (Å²) in [6.45, 7) is -1.90. The molecule has 1 atom stereocenters. The van der Waals surface area contributed by atoms with Crippen molar-refractivity contribution in [3.05, 3.63) is 0 Å². The Bertz CT molecular complexity index is 512. The molecule has 1 unspecified atom stereocenters. The van der Waals surface area contributed by atoms with Gasteiger partial charge in [-0.15, -0.1) is 0 Å². The molecule has 0 bridgehead atoms. The first kappa shape index (κ1) is 18.5. The molecule has 24 heavy (non-hydrogen) atoms. The van der Waals surface area contributed by atoms with Crippen LogP contribution in [0.25, 0.3) is 0 Å². The van der Waals surface area contributed by atoms with E-state index in [9.17, 15) is 32.7 Å². The fourth-order valence-corrected chi connectivity index (χ4v) is 2.81. The van der Waals surface area contributed by atoms with Gasteiger partial charge in [0.05, 0.1) is 13.1 Å². The summed E-state index contributed by atoms with van der Waals surface area (Å²) in [5, 5.41) is 9.65. The Balaban J connectivity index is 1.90. The number of aliphatic hydroxyl groups excluding tert-OH is 1. The summed E-state index contributed by atoms with van der Waals surface area (Å²) in [6.07, 6.45) is -3.93. The molecule has 0 saturated carbocycles. The highest BCUT2D eigenvalue weighted by atomic mass is 19.4. The number of halogens is 3. The summed E-state index contributed by atoms with van der Waals surface area (Å²) in [6, 6.07) is 0. The number of carbonyl (C=O) groups is 3. The SMILES string of the molecule is O=C(CN1CCCCC(O)C1=O)N1CCN(CC(F)(F)F)C(=O)C1. The number of likely N-dealkylation sites (tertiary alicyclic amines) is 1. The van der Waals surface area contributed by atoms with Gasteiger partial charge in [-0.05, 0) is 19.3 Å². The normalized spacial score (nSPS) is 23.5. The quantitative estimate of drug-likeness (QED) is 0.750. The molecule has 3 amide bonds. The molecule has 0 aromatic carbocycles. The number of amides is 3. The molecule has 7 nitrogen and oxygen atoms in total. The lowest BCUT2D eigenvalue weighted by molar-refractivity contribution is -0.167. The van der Waals surface area contributed by atoms with Gasteiger partial charge < -0.3 is 19.8 Å². The predicted molar refractivity (Wildman–Crippen MR) is 75.7 cm³/mol. The van der Waals surface area contributed by atoms with Gasteiger partial charge in [-0.25, -0.2) is 0 Å². The lowest BCUT2D eigenvalue weighted by atomic mass is 10.2. The van der Waals surface area contributed by atoms with Crippen molar-refractivity contribution in [3.63, 3.8) is 0 Å². The van der Waals surface area contributed by atoms with Gasteiger partial charge in [0.15, 0.2) is 0 Å². The molecular formula is C14H20F3N3O4. The molecule has 0 aliphatic carbocycles. The van der Waals surface area contributed by atoms with E-state index >= 15 is 0 Å². The average Bonchev–Trinajstić information content (AvgIpc) is 2.63. The molecule has 2 fully saturated rings. The average molecular weight is 351 g/mol. The van der Waals surface area contributed by atoms with Gasteiger partial charge in [-0.2, -0.15) is 13.2 Å². The smallest absolute Gasteiger partial charge is 0.383 e. The number of nitrogens with zero attached hydrogens (tertiary/aromatic N) is 3. The highest BCUT2D eigenvalue weighted by Crippen LogP contribution is 2.18. The standard InChI is InChI=1S/C14H20F3N3O4/c15-14(16,17)9-20-6-5-18(7-12(20)23)11(22)8-19-4-2-1-3-10(21)13(19)24/h10,21H,1-9H2. The summed E-state index contributed by atoms with van der Waals surface area (Å²) in [5.41, 5.74) is 0. The van der Waals surface area contributed by atoms with E-state index in [4.69, 9.17) is 0 Å². The molecule has 2 heterocycles. The van der Waals surface area contributed by atoms with E-state index in [0.717, 1.165) is 4.90 Å². The summed E-state index contributed by atoms with van der Waals surface area (Å²) in [4.78, 5) is 39.0. The molecule has 2 aliphatic rings. The molecule has 2 rings (SSSR count). The summed E-state index contributed by atoms with van der Waals surface area (Å²) >= 11 is 0. The second-order valence-electron chi connectivity index (χ2n) is 6.02. The van der Waals surface area contributed by atoms with Crippen molar-refractivity contribution >= 4 is 17.7 Å². The van der Waals surface area contributed by atoms with Gasteiger partial charge in [0.1, 0.15) is 12.6 Å². The molecule has 0 aromatic rings. The third kappa shape index (κ3) is 4.83. The van der Waals surface area contributed by atoms with Crippen molar-refractivity contribution in [3.8, 4) is 0 Å². The zero-order chi connectivity index (χ0) is 17.9. The monoisotopic (exact) mass is 351 g/mol. The van der Waals surface area contributed by atoms with E-state index in [0.29, 0.717) is 30.7 Å². The molecule has 2 aliphatic heterocycles. The number of alkyl halides is 3. The van der Waals surface area contributed by atoms with Crippen molar-refractivity contribution in [1.82, 2.24) is 14.7 Å². The zero-order valence-electron chi connectivity index (χ0n) is 13.1. The lowest BCUT2D eigenvalue weighted by Crippen LogP contribution is -2.56. The van der Waals surface area contributed by atoms with Crippen LogP contribution in [0.4, 0.5) is 13.2 Å². The van der Waals surface area contributed by atoms with Crippen molar-refractivity contribution in [2.24, 2.45) is 0 Å². The first-order valence-electron chi connectivity index (χ1n) is 7.76. The molecule has 0 aromatic heterocycles. The minimum Gasteiger partial charge on any atom is -0.383 e. The third-order valence-corrected chi connectivity index (χ3v) is 4.12. The van der Waals surface area contributed by atoms with Crippen molar-refractivity contribution in [2.45, 2.75) is 31.5 Å². The van der Waals surface area contributed by atoms with Crippen LogP contribution in [0.3, 0.4) is 0 Å². The molecule has 0 radical (unpaired) electrons. The highest BCUT2D eigenvalue weighted by molar-refractivity contribution is 5.90. The number of rotatable bonds is 3. The van der Waals surface area contributed by atoms with Crippen molar-refractivity contribution < 1.29 is 32.7 Å². The maximum Gasteiger partial charge on any atom is 0.406 e. The Morgan fingerprint density at radius 2 is 1.83 bits per heavy atom. The number of hydrogen-bond acceptors (Lipinski definition) is 4. The number of aliphatic hydroxyl groups is 1. The zero-order valence-corrected chi connectivity index (χ0v) is 13.1. The van der Waals surface area contributed by atoms with Crippen molar-refractivity contribution in [2.75, 3.05) is 39.3 Å². The predicted octanol–water partition coefficient (Wildman–Crippen LogP) is -0.407. The first-order chi connectivity index (χ1) is 11.2. The second-order valence-corrected chi connectivity index (χ2v) is 6.02. The number of carbonyl (C=O) groups excluding carboxylic acids is 3. The van der Waals surface area contributed by atoms with E-state index in [1.807, 2.05) is 0 Å². The summed E-state index contributed by atoms with van der Waals surface area (Å²) in [5.74, 6) is -1.80. The van der Waals surface area contributed by atoms with Gasteiger partial charge in [-0.1, -0.05) is 0 Å². The molecule has 1 N–H and O–H groups in total. The number of piperazine rings is 1. The fraction of sp³-hybridized carbons (Fsp3) is 0.786. The van der Waals surface area contributed by atoms with Gasteiger partial charge in [0.25, 0.3) is 5.91 Å². The Labute approximate surface area is 137 Å². The van der Waals surface area contributed by atoms with Crippen LogP contribution in [0.2, 0.25) is 0 Å². The minimum atomic E-state index is -4.48. The van der Waals surface area contributed by atoms with E-state index in [-0.39, 0.29) is 19.6 Å². The van der Waals surface area contributed by atoms with Crippen LogP contribution >= 0.6 is 0 Å². The maximum absolute atomic E-state index is 12.4. The topological polar surface area (TPSA) is 81.2 Å². The fourth-order valence-electron chi connectivity index (χ4n) is 2.81. The number of hydrogen-bond donors (Lipinski definition) is 1. The summed E-state index contributed by atoms with van der Waals surface area (Å²) in [7, 11) is 0. The molecule has 10 heteroatoms. The molecular weight excluding hydrogens is 331 g/mol. The van der Waals surface area contributed by atoms with Crippen LogP contribution in [0.5, 0.6) is 0 Å². The second kappa shape index (κ2) is 7.37. The molecule has 2 saturated heterocycles. The Morgan fingerprint density at radius 1 is 1.12 bits per heavy atom. The van der Waals surface area contributed by atoms with Crippen LogP contribution in [-0.2, 0) is 14.4 Å². The van der Waals surface area contributed by atoms with E-state index < -0.39 is 43.1 Å². The minimum absolute atomic E-state index is 0.00869. The third-order valence-electron chi connectivity index (χ3n) is 4.12. The van der Waals surface area contributed by atoms with Gasteiger partial charge in [-0.3, -0.25) is 14.4 Å². The van der Waals surface area contributed by atoms with Gasteiger partial charge >= 0.3 is 6.18 Å². The van der Waals surface area contributed by atoms with Crippen LogP contribution in [0.15, 0.2) is 0 Å². The van der Waals surface area contributed by atoms with Gasteiger partial charge in [0, 0.05) is 19.6 Å². The summed E-state index contributed by atoms with van der Waals surface area (Å²) < 4.78 is 37.1. The van der Waals surface area contributed by atoms with E-state index in [2.05, 4.69) is 0 Å². The maximum atomic E-state index is 12.4. The van der Waals surface area contributed by atoms with Crippen LogP contribution in [-0.4, -0.2) is 89.1 Å². The molecule has 0 spiro atoms.